The van der Waals surface area contributed by atoms with Crippen LogP contribution < -0.4 is 4.90 Å². The molecule has 1 saturated heterocycles. The van der Waals surface area contributed by atoms with Gasteiger partial charge in [-0.15, -0.1) is 0 Å². The molecule has 7 heteroatoms. The molecule has 112 valence electrons. The molecule has 2 rings (SSSR count). The monoisotopic (exact) mass is 281 g/mol. The Balaban J connectivity index is 1.89. The molecule has 7 nitrogen and oxygen atoms in total. The van der Waals surface area contributed by atoms with Gasteiger partial charge in [-0.2, -0.15) is 10.1 Å². The van der Waals surface area contributed by atoms with Crippen LogP contribution in [0.4, 0.5) is 10.7 Å². The van der Waals surface area contributed by atoms with Gasteiger partial charge in [-0.1, -0.05) is 13.8 Å². The lowest BCUT2D eigenvalue weighted by Crippen LogP contribution is -2.36. The van der Waals surface area contributed by atoms with Crippen LogP contribution in [0.25, 0.3) is 0 Å². The van der Waals surface area contributed by atoms with Gasteiger partial charge in [0.1, 0.15) is 6.33 Å². The fraction of sp³-hybridized carbons (Fsp3) is 0.769. The van der Waals surface area contributed by atoms with E-state index in [-0.39, 0.29) is 6.09 Å². The van der Waals surface area contributed by atoms with E-state index >= 15 is 0 Å². The van der Waals surface area contributed by atoms with Crippen molar-refractivity contribution >= 4 is 12.0 Å². The second kappa shape index (κ2) is 6.58. The van der Waals surface area contributed by atoms with Crippen molar-refractivity contribution in [2.45, 2.75) is 20.3 Å². The summed E-state index contributed by atoms with van der Waals surface area (Å²) >= 11 is 0. The summed E-state index contributed by atoms with van der Waals surface area (Å²) < 4.78 is 7.04. The molecule has 20 heavy (non-hydrogen) atoms. The zero-order valence-electron chi connectivity index (χ0n) is 12.4. The summed E-state index contributed by atoms with van der Waals surface area (Å²) in [7, 11) is 1.88. The van der Waals surface area contributed by atoms with E-state index in [0.29, 0.717) is 19.1 Å². The molecule has 1 fully saturated rings. The Morgan fingerprint density at radius 2 is 2.15 bits per heavy atom. The lowest BCUT2D eigenvalue weighted by atomic mass is 10.2. The molecule has 0 aliphatic carbocycles. The first-order chi connectivity index (χ1) is 9.58. The van der Waals surface area contributed by atoms with E-state index in [9.17, 15) is 4.79 Å². The average molecular weight is 281 g/mol. The fourth-order valence-electron chi connectivity index (χ4n) is 2.21. The van der Waals surface area contributed by atoms with E-state index in [1.54, 1.807) is 15.9 Å². The molecule has 0 spiro atoms. The molecular weight excluding hydrogens is 258 g/mol. The zero-order valence-corrected chi connectivity index (χ0v) is 12.4. The molecule has 0 bridgehead atoms. The number of amides is 1. The van der Waals surface area contributed by atoms with Crippen molar-refractivity contribution in [3.63, 3.8) is 0 Å². The summed E-state index contributed by atoms with van der Waals surface area (Å²) in [4.78, 5) is 20.2. The molecule has 0 radical (unpaired) electrons. The van der Waals surface area contributed by atoms with Gasteiger partial charge in [-0.3, -0.25) is 0 Å². The van der Waals surface area contributed by atoms with E-state index in [4.69, 9.17) is 4.74 Å². The fourth-order valence-corrected chi connectivity index (χ4v) is 2.21. The number of hydrogen-bond acceptors (Lipinski definition) is 5. The average Bonchev–Trinajstić information content (AvgIpc) is 2.70. The van der Waals surface area contributed by atoms with Crippen molar-refractivity contribution in [2.75, 3.05) is 37.7 Å². The number of rotatable bonds is 3. The number of anilines is 1. The van der Waals surface area contributed by atoms with Crippen molar-refractivity contribution < 1.29 is 9.53 Å². The second-order valence-corrected chi connectivity index (χ2v) is 5.48. The summed E-state index contributed by atoms with van der Waals surface area (Å²) in [6.07, 6.45) is 2.25. The van der Waals surface area contributed by atoms with Crippen molar-refractivity contribution in [1.29, 1.82) is 0 Å². The van der Waals surface area contributed by atoms with Gasteiger partial charge in [0.2, 0.25) is 5.95 Å². The first-order valence-electron chi connectivity index (χ1n) is 7.08. The number of ether oxygens (including phenoxy) is 1. The first kappa shape index (κ1) is 14.6. The SMILES string of the molecule is CC(C)COC(=O)N1CCCN(c2ncnn2C)CC1. The lowest BCUT2D eigenvalue weighted by molar-refractivity contribution is 0.0943. The highest BCUT2D eigenvalue weighted by atomic mass is 16.6. The summed E-state index contributed by atoms with van der Waals surface area (Å²) in [5, 5.41) is 4.08. The van der Waals surface area contributed by atoms with Crippen LogP contribution in [0.2, 0.25) is 0 Å². The number of carbonyl (C=O) groups excluding carboxylic acids is 1. The van der Waals surface area contributed by atoms with Crippen molar-refractivity contribution in [3.8, 4) is 0 Å². The zero-order chi connectivity index (χ0) is 14.5. The van der Waals surface area contributed by atoms with Crippen LogP contribution in [0.5, 0.6) is 0 Å². The van der Waals surface area contributed by atoms with Gasteiger partial charge < -0.3 is 14.5 Å². The van der Waals surface area contributed by atoms with Gasteiger partial charge in [-0.25, -0.2) is 9.48 Å². The quantitative estimate of drug-likeness (QED) is 0.831. The Bertz CT molecular complexity index is 446. The third-order valence-corrected chi connectivity index (χ3v) is 3.26. The van der Waals surface area contributed by atoms with Crippen LogP contribution in [-0.2, 0) is 11.8 Å². The highest BCUT2D eigenvalue weighted by Crippen LogP contribution is 2.12. The van der Waals surface area contributed by atoms with Crippen LogP contribution in [0.3, 0.4) is 0 Å². The minimum Gasteiger partial charge on any atom is -0.449 e. The lowest BCUT2D eigenvalue weighted by Gasteiger charge is -2.22. The van der Waals surface area contributed by atoms with E-state index < -0.39 is 0 Å². The van der Waals surface area contributed by atoms with Crippen LogP contribution >= 0.6 is 0 Å². The molecule has 0 N–H and O–H groups in total. The molecule has 1 aromatic heterocycles. The predicted molar refractivity (Wildman–Crippen MR) is 75.6 cm³/mol. The van der Waals surface area contributed by atoms with E-state index in [1.807, 2.05) is 20.9 Å². The minimum absolute atomic E-state index is 0.210. The van der Waals surface area contributed by atoms with Crippen LogP contribution in [0.15, 0.2) is 6.33 Å². The topological polar surface area (TPSA) is 63.5 Å². The maximum absolute atomic E-state index is 12.0. The summed E-state index contributed by atoms with van der Waals surface area (Å²) in [6, 6.07) is 0. The maximum Gasteiger partial charge on any atom is 0.409 e. The predicted octanol–water partition coefficient (Wildman–Crippen LogP) is 1.12. The maximum atomic E-state index is 12.0. The standard InChI is InChI=1S/C13H23N5O2/c1-11(2)9-20-13(19)18-6-4-5-17(7-8-18)12-14-10-15-16(12)3/h10-11H,4-9H2,1-3H3. The summed E-state index contributed by atoms with van der Waals surface area (Å²) in [5.41, 5.74) is 0. The van der Waals surface area contributed by atoms with Gasteiger partial charge in [0.05, 0.1) is 6.61 Å². The molecule has 2 heterocycles. The Hall–Kier alpha value is -1.79. The van der Waals surface area contributed by atoms with Gasteiger partial charge in [0, 0.05) is 33.2 Å². The van der Waals surface area contributed by atoms with E-state index in [0.717, 1.165) is 32.0 Å². The Labute approximate surface area is 119 Å². The Morgan fingerprint density at radius 3 is 2.80 bits per heavy atom. The number of aromatic nitrogens is 3. The van der Waals surface area contributed by atoms with E-state index in [1.165, 1.54) is 0 Å². The molecule has 0 saturated carbocycles. The van der Waals surface area contributed by atoms with Gasteiger partial charge in [0.25, 0.3) is 0 Å². The Morgan fingerprint density at radius 1 is 1.35 bits per heavy atom. The minimum atomic E-state index is -0.210. The Kier molecular flexibility index (Phi) is 4.81. The first-order valence-corrected chi connectivity index (χ1v) is 7.08. The highest BCUT2D eigenvalue weighted by molar-refractivity contribution is 5.67. The second-order valence-electron chi connectivity index (χ2n) is 5.48. The molecule has 1 aromatic rings. The molecule has 0 aromatic carbocycles. The van der Waals surface area contributed by atoms with Crippen LogP contribution in [0.1, 0.15) is 20.3 Å². The molecule has 1 aliphatic heterocycles. The largest absolute Gasteiger partial charge is 0.449 e. The summed E-state index contributed by atoms with van der Waals surface area (Å²) in [6.45, 7) is 7.55. The van der Waals surface area contributed by atoms with Crippen LogP contribution in [-0.4, -0.2) is 58.5 Å². The van der Waals surface area contributed by atoms with Crippen molar-refractivity contribution in [1.82, 2.24) is 19.7 Å². The molecule has 1 aliphatic rings. The normalized spacial score (nSPS) is 16.4. The molecule has 0 atom stereocenters. The number of aryl methyl sites for hydroxylation is 1. The third kappa shape index (κ3) is 3.61. The highest BCUT2D eigenvalue weighted by Gasteiger charge is 2.22. The number of hydrogen-bond donors (Lipinski definition) is 0. The van der Waals surface area contributed by atoms with Gasteiger partial charge in [0.15, 0.2) is 0 Å². The van der Waals surface area contributed by atoms with Crippen LogP contribution in [0, 0.1) is 5.92 Å². The van der Waals surface area contributed by atoms with Gasteiger partial charge >= 0.3 is 6.09 Å². The molecule has 0 unspecified atom stereocenters. The van der Waals surface area contributed by atoms with Gasteiger partial charge in [-0.05, 0) is 12.3 Å². The summed E-state index contributed by atoms with van der Waals surface area (Å²) in [5.74, 6) is 1.21. The molecular formula is C13H23N5O2. The number of carbonyl (C=O) groups is 1. The third-order valence-electron chi connectivity index (χ3n) is 3.26. The van der Waals surface area contributed by atoms with Crippen molar-refractivity contribution in [2.24, 2.45) is 13.0 Å². The van der Waals surface area contributed by atoms with Crippen molar-refractivity contribution in [3.05, 3.63) is 6.33 Å². The smallest absolute Gasteiger partial charge is 0.409 e. The number of nitrogens with zero attached hydrogens (tertiary/aromatic N) is 5. The van der Waals surface area contributed by atoms with E-state index in [2.05, 4.69) is 15.0 Å². The molecule has 1 amide bonds.